The third-order valence-corrected chi connectivity index (χ3v) is 3.79. The molecular formula is C10H14N4O2S. The summed E-state index contributed by atoms with van der Waals surface area (Å²) in [6, 6.07) is 6.77. The first kappa shape index (κ1) is 13.5. The average molecular weight is 254 g/mol. The lowest BCUT2D eigenvalue weighted by atomic mass is 10.2. The zero-order chi connectivity index (χ0) is 12.7. The number of rotatable bonds is 6. The van der Waals surface area contributed by atoms with Gasteiger partial charge in [-0.1, -0.05) is 23.3 Å². The Morgan fingerprint density at radius 2 is 2.12 bits per heavy atom. The minimum absolute atomic E-state index is 0.260. The summed E-state index contributed by atoms with van der Waals surface area (Å²) in [6.07, 6.45) is 0.481. The van der Waals surface area contributed by atoms with Gasteiger partial charge in [-0.3, -0.25) is 0 Å². The van der Waals surface area contributed by atoms with Crippen LogP contribution >= 0.6 is 0 Å². The molecule has 0 aliphatic carbocycles. The second-order valence-corrected chi connectivity index (χ2v) is 5.21. The summed E-state index contributed by atoms with van der Waals surface area (Å²) in [4.78, 5) is 2.87. The van der Waals surface area contributed by atoms with Crippen LogP contribution in [0.5, 0.6) is 0 Å². The number of aryl methyl sites for hydroxylation is 1. The molecule has 7 heteroatoms. The first-order valence-corrected chi connectivity index (χ1v) is 6.62. The van der Waals surface area contributed by atoms with Crippen LogP contribution in [0.4, 0.5) is 0 Å². The minimum Gasteiger partial charge on any atom is -0.211 e. The van der Waals surface area contributed by atoms with Gasteiger partial charge in [0, 0.05) is 18.0 Å². The van der Waals surface area contributed by atoms with Gasteiger partial charge in [0.2, 0.25) is 10.0 Å². The van der Waals surface area contributed by atoms with Crippen LogP contribution in [0.25, 0.3) is 10.4 Å². The van der Waals surface area contributed by atoms with Crippen LogP contribution in [0, 0.1) is 6.92 Å². The van der Waals surface area contributed by atoms with E-state index in [0.717, 1.165) is 0 Å². The highest BCUT2D eigenvalue weighted by Gasteiger charge is 2.14. The van der Waals surface area contributed by atoms with Crippen molar-refractivity contribution in [3.05, 3.63) is 40.3 Å². The summed E-state index contributed by atoms with van der Waals surface area (Å²) >= 11 is 0. The summed E-state index contributed by atoms with van der Waals surface area (Å²) in [7, 11) is -3.46. The number of nitrogens with one attached hydrogen (secondary N) is 1. The first-order chi connectivity index (χ1) is 8.08. The van der Waals surface area contributed by atoms with Crippen molar-refractivity contribution in [3.63, 3.8) is 0 Å². The SMILES string of the molecule is Cc1ccccc1S(=O)(=O)NCCCN=[N+]=[N-]. The molecule has 17 heavy (non-hydrogen) atoms. The van der Waals surface area contributed by atoms with Gasteiger partial charge < -0.3 is 0 Å². The highest BCUT2D eigenvalue weighted by molar-refractivity contribution is 7.89. The lowest BCUT2D eigenvalue weighted by Gasteiger charge is -2.08. The Kier molecular flexibility index (Phi) is 4.96. The van der Waals surface area contributed by atoms with Crippen molar-refractivity contribution in [3.8, 4) is 0 Å². The van der Waals surface area contributed by atoms with Crippen LogP contribution in [0.15, 0.2) is 34.3 Å². The van der Waals surface area contributed by atoms with Gasteiger partial charge in [-0.2, -0.15) is 0 Å². The third-order valence-electron chi connectivity index (χ3n) is 2.17. The maximum Gasteiger partial charge on any atom is 0.240 e. The Morgan fingerprint density at radius 3 is 2.76 bits per heavy atom. The molecule has 0 radical (unpaired) electrons. The van der Waals surface area contributed by atoms with Crippen molar-refractivity contribution in [2.24, 2.45) is 5.11 Å². The molecular weight excluding hydrogens is 240 g/mol. The molecule has 0 amide bonds. The molecule has 0 heterocycles. The zero-order valence-corrected chi connectivity index (χ0v) is 10.3. The molecule has 0 aliphatic rings. The van der Waals surface area contributed by atoms with E-state index in [1.54, 1.807) is 31.2 Å². The number of azide groups is 1. The van der Waals surface area contributed by atoms with Crippen molar-refractivity contribution in [2.75, 3.05) is 13.1 Å². The lowest BCUT2D eigenvalue weighted by molar-refractivity contribution is 0.579. The zero-order valence-electron chi connectivity index (χ0n) is 9.50. The second-order valence-electron chi connectivity index (χ2n) is 3.47. The predicted molar refractivity (Wildman–Crippen MR) is 65.0 cm³/mol. The Morgan fingerprint density at radius 1 is 1.41 bits per heavy atom. The van der Waals surface area contributed by atoms with Crippen LogP contribution in [0.2, 0.25) is 0 Å². The Hall–Kier alpha value is -1.56. The molecule has 1 rings (SSSR count). The van der Waals surface area contributed by atoms with E-state index in [1.165, 1.54) is 0 Å². The van der Waals surface area contributed by atoms with Gasteiger partial charge in [-0.25, -0.2) is 13.1 Å². The highest BCUT2D eigenvalue weighted by Crippen LogP contribution is 2.13. The molecule has 1 N–H and O–H groups in total. The quantitative estimate of drug-likeness (QED) is 0.363. The van der Waals surface area contributed by atoms with Crippen molar-refractivity contribution in [2.45, 2.75) is 18.2 Å². The average Bonchev–Trinajstić information content (AvgIpc) is 2.29. The van der Waals surface area contributed by atoms with E-state index in [4.69, 9.17) is 5.53 Å². The molecule has 6 nitrogen and oxygen atoms in total. The predicted octanol–water partition coefficient (Wildman–Crippen LogP) is 1.97. The van der Waals surface area contributed by atoms with Gasteiger partial charge in [-0.05, 0) is 30.5 Å². The topological polar surface area (TPSA) is 94.9 Å². The van der Waals surface area contributed by atoms with E-state index in [0.29, 0.717) is 12.0 Å². The molecule has 0 saturated carbocycles. The van der Waals surface area contributed by atoms with E-state index >= 15 is 0 Å². The molecule has 0 unspecified atom stereocenters. The summed E-state index contributed by atoms with van der Waals surface area (Å²) < 4.78 is 26.2. The smallest absolute Gasteiger partial charge is 0.211 e. The number of benzene rings is 1. The number of sulfonamides is 1. The molecule has 0 bridgehead atoms. The van der Waals surface area contributed by atoms with E-state index in [1.807, 2.05) is 0 Å². The minimum atomic E-state index is -3.46. The molecule has 0 saturated heterocycles. The first-order valence-electron chi connectivity index (χ1n) is 5.14. The molecule has 0 aromatic heterocycles. The molecule has 0 atom stereocenters. The van der Waals surface area contributed by atoms with Gasteiger partial charge in [-0.15, -0.1) is 0 Å². The summed E-state index contributed by atoms with van der Waals surface area (Å²) in [5, 5.41) is 3.33. The standard InChI is InChI=1S/C10H14N4O2S/c1-9-5-2-3-6-10(9)17(15,16)13-8-4-7-12-14-11/h2-3,5-6,13H,4,7-8H2,1H3. The number of hydrogen-bond donors (Lipinski definition) is 1. The van der Waals surface area contributed by atoms with Crippen molar-refractivity contribution in [1.82, 2.24) is 4.72 Å². The maximum atomic E-state index is 11.9. The molecule has 1 aromatic carbocycles. The van der Waals surface area contributed by atoms with E-state index in [-0.39, 0.29) is 18.0 Å². The lowest BCUT2D eigenvalue weighted by Crippen LogP contribution is -2.25. The third kappa shape index (κ3) is 4.07. The Balaban J connectivity index is 2.64. The molecule has 92 valence electrons. The van der Waals surface area contributed by atoms with E-state index in [2.05, 4.69) is 14.7 Å². The van der Waals surface area contributed by atoms with Crippen LogP contribution in [0.1, 0.15) is 12.0 Å². The van der Waals surface area contributed by atoms with Gasteiger partial charge in [0.1, 0.15) is 0 Å². The summed E-state index contributed by atoms with van der Waals surface area (Å²) in [5.41, 5.74) is 8.76. The van der Waals surface area contributed by atoms with Crippen molar-refractivity contribution in [1.29, 1.82) is 0 Å². The van der Waals surface area contributed by atoms with Crippen LogP contribution in [-0.2, 0) is 10.0 Å². The molecule has 0 aliphatic heterocycles. The number of nitrogens with zero attached hydrogens (tertiary/aromatic N) is 3. The Labute approximate surface area is 100 Å². The van der Waals surface area contributed by atoms with Crippen LogP contribution in [0.3, 0.4) is 0 Å². The fraction of sp³-hybridized carbons (Fsp3) is 0.400. The van der Waals surface area contributed by atoms with E-state index < -0.39 is 10.0 Å². The maximum absolute atomic E-state index is 11.9. The van der Waals surface area contributed by atoms with Crippen molar-refractivity contribution >= 4 is 10.0 Å². The summed E-state index contributed by atoms with van der Waals surface area (Å²) in [5.74, 6) is 0. The van der Waals surface area contributed by atoms with Gasteiger partial charge in [0.15, 0.2) is 0 Å². The second kappa shape index (κ2) is 6.24. The number of hydrogen-bond acceptors (Lipinski definition) is 3. The largest absolute Gasteiger partial charge is 0.240 e. The monoisotopic (exact) mass is 254 g/mol. The Bertz CT molecular complexity index is 521. The highest BCUT2D eigenvalue weighted by atomic mass is 32.2. The summed E-state index contributed by atoms with van der Waals surface area (Å²) in [6.45, 7) is 2.29. The van der Waals surface area contributed by atoms with Gasteiger partial charge in [0.05, 0.1) is 4.90 Å². The molecule has 0 spiro atoms. The molecule has 0 fully saturated rings. The van der Waals surface area contributed by atoms with Crippen LogP contribution in [-0.4, -0.2) is 21.5 Å². The fourth-order valence-electron chi connectivity index (χ4n) is 1.34. The van der Waals surface area contributed by atoms with Gasteiger partial charge in [0.25, 0.3) is 0 Å². The fourth-order valence-corrected chi connectivity index (χ4v) is 2.65. The van der Waals surface area contributed by atoms with Crippen molar-refractivity contribution < 1.29 is 8.42 Å². The van der Waals surface area contributed by atoms with E-state index in [9.17, 15) is 8.42 Å². The normalized spacial score (nSPS) is 10.9. The van der Waals surface area contributed by atoms with Gasteiger partial charge >= 0.3 is 0 Å². The molecule has 1 aromatic rings. The van der Waals surface area contributed by atoms with Crippen LogP contribution < -0.4 is 4.72 Å².